The Morgan fingerprint density at radius 3 is 2.71 bits per heavy atom. The molecule has 2 rings (SSSR count). The zero-order valence-electron chi connectivity index (χ0n) is 21.6. The van der Waals surface area contributed by atoms with Crippen LogP contribution in [0.3, 0.4) is 0 Å². The third kappa shape index (κ3) is 10.6. The molecule has 6 heteroatoms. The van der Waals surface area contributed by atoms with Crippen LogP contribution in [0, 0.1) is 17.8 Å². The van der Waals surface area contributed by atoms with Crippen molar-refractivity contribution < 1.29 is 29.2 Å². The van der Waals surface area contributed by atoms with Crippen LogP contribution in [-0.2, 0) is 19.0 Å². The highest BCUT2D eigenvalue weighted by Crippen LogP contribution is 2.36. The van der Waals surface area contributed by atoms with E-state index in [0.717, 1.165) is 45.1 Å². The molecule has 0 bridgehead atoms. The van der Waals surface area contributed by atoms with Gasteiger partial charge in [0.05, 0.1) is 25.4 Å². The maximum Gasteiger partial charge on any atom is 0.305 e. The molecule has 0 aromatic rings. The number of allylic oxidation sites excluding steroid dienone is 2. The molecule has 0 aromatic heterocycles. The fourth-order valence-electron chi connectivity index (χ4n) is 5.06. The first kappa shape index (κ1) is 29.0. The van der Waals surface area contributed by atoms with Crippen molar-refractivity contribution in [3.8, 4) is 0 Å². The maximum atomic E-state index is 11.2. The van der Waals surface area contributed by atoms with E-state index in [-0.39, 0.29) is 30.2 Å². The summed E-state index contributed by atoms with van der Waals surface area (Å²) in [5.74, 6) is 0.250. The van der Waals surface area contributed by atoms with Crippen molar-refractivity contribution in [2.24, 2.45) is 17.8 Å². The largest absolute Gasteiger partial charge is 0.469 e. The number of hydrogen-bond donors (Lipinski definition) is 2. The number of methoxy groups -OCH3 is 1. The topological polar surface area (TPSA) is 85.2 Å². The minimum atomic E-state index is -0.548. The molecule has 0 aromatic carbocycles. The molecule has 0 radical (unpaired) electrons. The highest BCUT2D eigenvalue weighted by atomic mass is 16.7. The first-order valence-corrected chi connectivity index (χ1v) is 13.5. The summed E-state index contributed by atoms with van der Waals surface area (Å²) in [4.78, 5) is 11.2. The first-order chi connectivity index (χ1) is 16.4. The number of ether oxygens (including phenoxy) is 3. The minimum Gasteiger partial charge on any atom is -0.469 e. The number of carbonyl (C=O) groups excluding carboxylic acids is 1. The van der Waals surface area contributed by atoms with Gasteiger partial charge in [-0.3, -0.25) is 4.79 Å². The SMILES string of the molecule is CCCC[C@H](C)C[C@@H](/C=C/[C@@H]1[C@@H](C/C=C\CCCC(=O)OC)[C@@H](O)C[C@H]1O)OC1CCCCO1. The zero-order chi connectivity index (χ0) is 24.8. The van der Waals surface area contributed by atoms with Crippen LogP contribution in [0.1, 0.15) is 90.9 Å². The molecule has 2 fully saturated rings. The van der Waals surface area contributed by atoms with Gasteiger partial charge in [0.25, 0.3) is 0 Å². The van der Waals surface area contributed by atoms with Gasteiger partial charge in [-0.25, -0.2) is 0 Å². The molecule has 2 N–H and O–H groups in total. The highest BCUT2D eigenvalue weighted by molar-refractivity contribution is 5.69. The average Bonchev–Trinajstić information content (AvgIpc) is 3.10. The van der Waals surface area contributed by atoms with E-state index in [2.05, 4.69) is 42.9 Å². The van der Waals surface area contributed by atoms with Crippen LogP contribution in [0.15, 0.2) is 24.3 Å². The standard InChI is InChI=1S/C28H48O6/c1-4-5-12-21(2)19-22(34-28-15-10-11-18-33-28)16-17-24-23(25(29)20-26(24)30)13-8-6-7-9-14-27(31)32-3/h6,8,16-17,21-26,28-30H,4-5,7,9-15,18-20H2,1-3H3/b8-6-,17-16+/t21-,22+,23+,24+,25-,26+,28?/m0/s1. The summed E-state index contributed by atoms with van der Waals surface area (Å²) in [5.41, 5.74) is 0. The van der Waals surface area contributed by atoms with Crippen molar-refractivity contribution >= 4 is 5.97 Å². The molecule has 0 amide bonds. The quantitative estimate of drug-likeness (QED) is 0.187. The second-order valence-corrected chi connectivity index (χ2v) is 10.1. The second kappa shape index (κ2) is 16.5. The van der Waals surface area contributed by atoms with Gasteiger partial charge >= 0.3 is 5.97 Å². The fraction of sp³-hybridized carbons (Fsp3) is 0.821. The molecular weight excluding hydrogens is 432 g/mol. The molecular formula is C28H48O6. The van der Waals surface area contributed by atoms with Crippen LogP contribution in [0.5, 0.6) is 0 Å². The number of carbonyl (C=O) groups is 1. The van der Waals surface area contributed by atoms with Crippen molar-refractivity contribution in [1.82, 2.24) is 0 Å². The molecule has 0 spiro atoms. The number of rotatable bonds is 15. The Hall–Kier alpha value is -1.21. The van der Waals surface area contributed by atoms with Gasteiger partial charge in [0.1, 0.15) is 0 Å². The number of hydrogen-bond acceptors (Lipinski definition) is 6. The van der Waals surface area contributed by atoms with Crippen LogP contribution in [-0.4, -0.2) is 54.5 Å². The van der Waals surface area contributed by atoms with E-state index < -0.39 is 12.2 Å². The molecule has 1 aliphatic heterocycles. The zero-order valence-corrected chi connectivity index (χ0v) is 21.6. The summed E-state index contributed by atoms with van der Waals surface area (Å²) >= 11 is 0. The Kier molecular flexibility index (Phi) is 14.1. The van der Waals surface area contributed by atoms with E-state index in [1.165, 1.54) is 26.4 Å². The molecule has 6 nitrogen and oxygen atoms in total. The van der Waals surface area contributed by atoms with Crippen molar-refractivity contribution in [2.75, 3.05) is 13.7 Å². The Morgan fingerprint density at radius 2 is 2.00 bits per heavy atom. The summed E-state index contributed by atoms with van der Waals surface area (Å²) in [6, 6.07) is 0. The molecule has 1 saturated heterocycles. The monoisotopic (exact) mass is 480 g/mol. The van der Waals surface area contributed by atoms with Crippen LogP contribution in [0.2, 0.25) is 0 Å². The molecule has 2 aliphatic rings. The van der Waals surface area contributed by atoms with Crippen LogP contribution in [0.25, 0.3) is 0 Å². The van der Waals surface area contributed by atoms with E-state index in [1.54, 1.807) is 0 Å². The predicted octanol–water partition coefficient (Wildman–Crippen LogP) is 5.32. The molecule has 34 heavy (non-hydrogen) atoms. The maximum absolute atomic E-state index is 11.2. The van der Waals surface area contributed by atoms with E-state index in [1.807, 2.05) is 0 Å². The van der Waals surface area contributed by atoms with Gasteiger partial charge in [0.15, 0.2) is 6.29 Å². The van der Waals surface area contributed by atoms with E-state index in [0.29, 0.717) is 25.2 Å². The molecule has 1 heterocycles. The van der Waals surface area contributed by atoms with Crippen LogP contribution < -0.4 is 0 Å². The smallest absolute Gasteiger partial charge is 0.305 e. The van der Waals surface area contributed by atoms with Crippen molar-refractivity contribution in [2.45, 2.75) is 115 Å². The summed E-state index contributed by atoms with van der Waals surface area (Å²) in [7, 11) is 1.41. The molecule has 196 valence electrons. The normalized spacial score (nSPS) is 29.6. The van der Waals surface area contributed by atoms with E-state index in [9.17, 15) is 15.0 Å². The predicted molar refractivity (Wildman–Crippen MR) is 134 cm³/mol. The number of aliphatic hydroxyl groups is 2. The summed E-state index contributed by atoms with van der Waals surface area (Å²) < 4.78 is 16.8. The molecule has 1 aliphatic carbocycles. The average molecular weight is 481 g/mol. The molecule has 1 saturated carbocycles. The highest BCUT2D eigenvalue weighted by Gasteiger charge is 2.39. The lowest BCUT2D eigenvalue weighted by Crippen LogP contribution is -2.28. The third-order valence-corrected chi connectivity index (χ3v) is 7.17. The number of esters is 1. The first-order valence-electron chi connectivity index (χ1n) is 13.5. The summed E-state index contributed by atoms with van der Waals surface area (Å²) in [6.07, 6.45) is 17.8. The van der Waals surface area contributed by atoms with Gasteiger partial charge in [-0.15, -0.1) is 0 Å². The van der Waals surface area contributed by atoms with Crippen molar-refractivity contribution in [3.05, 3.63) is 24.3 Å². The summed E-state index contributed by atoms with van der Waals surface area (Å²) in [6.45, 7) is 5.26. The van der Waals surface area contributed by atoms with Crippen LogP contribution >= 0.6 is 0 Å². The Bertz CT molecular complexity index is 612. The van der Waals surface area contributed by atoms with Crippen molar-refractivity contribution in [1.29, 1.82) is 0 Å². The molecule has 1 unspecified atom stereocenters. The lowest BCUT2D eigenvalue weighted by Gasteiger charge is -2.28. The minimum absolute atomic E-state index is 0.0211. The third-order valence-electron chi connectivity index (χ3n) is 7.17. The van der Waals surface area contributed by atoms with Gasteiger partial charge in [0, 0.05) is 25.4 Å². The lowest BCUT2D eigenvalue weighted by molar-refractivity contribution is -0.181. The van der Waals surface area contributed by atoms with Gasteiger partial charge < -0.3 is 24.4 Å². The van der Waals surface area contributed by atoms with Crippen LogP contribution in [0.4, 0.5) is 0 Å². The van der Waals surface area contributed by atoms with Gasteiger partial charge in [-0.1, -0.05) is 57.4 Å². The summed E-state index contributed by atoms with van der Waals surface area (Å²) in [5, 5.41) is 21.2. The van der Waals surface area contributed by atoms with E-state index in [4.69, 9.17) is 9.47 Å². The van der Waals surface area contributed by atoms with Crippen molar-refractivity contribution in [3.63, 3.8) is 0 Å². The Morgan fingerprint density at radius 1 is 1.18 bits per heavy atom. The molecule has 7 atom stereocenters. The van der Waals surface area contributed by atoms with Gasteiger partial charge in [-0.2, -0.15) is 0 Å². The number of aliphatic hydroxyl groups excluding tert-OH is 2. The van der Waals surface area contributed by atoms with Gasteiger partial charge in [0.2, 0.25) is 0 Å². The Balaban J connectivity index is 1.95. The van der Waals surface area contributed by atoms with E-state index >= 15 is 0 Å². The van der Waals surface area contributed by atoms with Gasteiger partial charge in [-0.05, 0) is 56.8 Å². The lowest BCUT2D eigenvalue weighted by atomic mass is 9.89. The Labute approximate surface area is 206 Å². The second-order valence-electron chi connectivity index (χ2n) is 10.1. The number of unbranched alkanes of at least 4 members (excludes halogenated alkanes) is 2. The fourth-order valence-corrected chi connectivity index (χ4v) is 5.06.